The number of rotatable bonds is 6. The summed E-state index contributed by atoms with van der Waals surface area (Å²) in [5.74, 6) is 2.38. The van der Waals surface area contributed by atoms with Gasteiger partial charge >= 0.3 is 0 Å². The van der Waals surface area contributed by atoms with Crippen LogP contribution in [0.3, 0.4) is 0 Å². The zero-order valence-corrected chi connectivity index (χ0v) is 10.3. The van der Waals surface area contributed by atoms with Crippen LogP contribution in [-0.2, 0) is 5.75 Å². The van der Waals surface area contributed by atoms with Crippen molar-refractivity contribution in [1.82, 2.24) is 0 Å². The standard InChI is InChI=1S/C12H18N2OS/c1-10-5-2-3-6-11(10)9-16-8-4-7-12(13)14-15/h2-3,5-6,15H,4,7-9H2,1H3,(H2,13,14). The maximum Gasteiger partial charge on any atom is 0.139 e. The van der Waals surface area contributed by atoms with Gasteiger partial charge in [-0.2, -0.15) is 11.8 Å². The summed E-state index contributed by atoms with van der Waals surface area (Å²) in [6.07, 6.45) is 1.61. The quantitative estimate of drug-likeness (QED) is 0.263. The number of oxime groups is 1. The fourth-order valence-corrected chi connectivity index (χ4v) is 2.40. The molecule has 0 amide bonds. The lowest BCUT2D eigenvalue weighted by Gasteiger charge is -2.04. The highest BCUT2D eigenvalue weighted by molar-refractivity contribution is 7.98. The van der Waals surface area contributed by atoms with E-state index in [9.17, 15) is 0 Å². The van der Waals surface area contributed by atoms with Gasteiger partial charge in [0.15, 0.2) is 0 Å². The van der Waals surface area contributed by atoms with Crippen LogP contribution >= 0.6 is 11.8 Å². The first kappa shape index (κ1) is 12.9. The first-order valence-electron chi connectivity index (χ1n) is 5.32. The van der Waals surface area contributed by atoms with Crippen molar-refractivity contribution in [1.29, 1.82) is 0 Å². The number of nitrogens with two attached hydrogens (primary N) is 1. The van der Waals surface area contributed by atoms with Crippen LogP contribution in [-0.4, -0.2) is 16.8 Å². The topological polar surface area (TPSA) is 58.6 Å². The summed E-state index contributed by atoms with van der Waals surface area (Å²) in [5.41, 5.74) is 8.11. The molecule has 0 atom stereocenters. The molecule has 16 heavy (non-hydrogen) atoms. The summed E-state index contributed by atoms with van der Waals surface area (Å²) in [6.45, 7) is 2.13. The van der Waals surface area contributed by atoms with E-state index in [2.05, 4.69) is 36.3 Å². The van der Waals surface area contributed by atoms with Crippen molar-refractivity contribution in [2.45, 2.75) is 25.5 Å². The van der Waals surface area contributed by atoms with Crippen molar-refractivity contribution in [3.05, 3.63) is 35.4 Å². The number of hydrogen-bond acceptors (Lipinski definition) is 3. The second-order valence-electron chi connectivity index (χ2n) is 3.67. The minimum Gasteiger partial charge on any atom is -0.409 e. The molecular formula is C12H18N2OS. The number of hydrogen-bond donors (Lipinski definition) is 2. The molecule has 1 rings (SSSR count). The summed E-state index contributed by atoms with van der Waals surface area (Å²) >= 11 is 1.88. The van der Waals surface area contributed by atoms with Crippen molar-refractivity contribution in [2.75, 3.05) is 5.75 Å². The lowest BCUT2D eigenvalue weighted by atomic mass is 10.1. The highest BCUT2D eigenvalue weighted by Crippen LogP contribution is 2.16. The lowest BCUT2D eigenvalue weighted by Crippen LogP contribution is -2.11. The molecule has 1 aromatic rings. The molecular weight excluding hydrogens is 220 g/mol. The number of nitrogens with zero attached hydrogens (tertiary/aromatic N) is 1. The van der Waals surface area contributed by atoms with Gasteiger partial charge in [0, 0.05) is 12.2 Å². The van der Waals surface area contributed by atoms with E-state index in [-0.39, 0.29) is 0 Å². The van der Waals surface area contributed by atoms with Crippen LogP contribution in [0.4, 0.5) is 0 Å². The molecule has 88 valence electrons. The van der Waals surface area contributed by atoms with Crippen LogP contribution in [0, 0.1) is 6.92 Å². The normalized spacial score (nSPS) is 11.7. The molecule has 0 saturated carbocycles. The Bertz CT molecular complexity index is 353. The summed E-state index contributed by atoms with van der Waals surface area (Å²) in [7, 11) is 0. The van der Waals surface area contributed by atoms with E-state index in [4.69, 9.17) is 10.9 Å². The first-order valence-corrected chi connectivity index (χ1v) is 6.48. The largest absolute Gasteiger partial charge is 0.409 e. The smallest absolute Gasteiger partial charge is 0.139 e. The highest BCUT2D eigenvalue weighted by atomic mass is 32.2. The van der Waals surface area contributed by atoms with Crippen LogP contribution in [0.25, 0.3) is 0 Å². The van der Waals surface area contributed by atoms with Gasteiger partial charge in [-0.3, -0.25) is 0 Å². The van der Waals surface area contributed by atoms with E-state index in [1.165, 1.54) is 11.1 Å². The second-order valence-corrected chi connectivity index (χ2v) is 4.78. The zero-order valence-electron chi connectivity index (χ0n) is 9.52. The maximum atomic E-state index is 8.36. The Balaban J connectivity index is 2.19. The molecule has 3 N–H and O–H groups in total. The van der Waals surface area contributed by atoms with Crippen molar-refractivity contribution >= 4 is 17.6 Å². The molecule has 0 aromatic heterocycles. The molecule has 0 heterocycles. The molecule has 1 aromatic carbocycles. The Morgan fingerprint density at radius 2 is 2.19 bits per heavy atom. The van der Waals surface area contributed by atoms with Crippen molar-refractivity contribution in [3.63, 3.8) is 0 Å². The molecule has 0 saturated heterocycles. The van der Waals surface area contributed by atoms with Gasteiger partial charge < -0.3 is 10.9 Å². The second kappa shape index (κ2) is 7.17. The van der Waals surface area contributed by atoms with Crippen molar-refractivity contribution in [3.8, 4) is 0 Å². The first-order chi connectivity index (χ1) is 7.74. The van der Waals surface area contributed by atoms with Crippen LogP contribution in [0.1, 0.15) is 24.0 Å². The average Bonchev–Trinajstić information content (AvgIpc) is 2.30. The van der Waals surface area contributed by atoms with Gasteiger partial charge in [0.25, 0.3) is 0 Å². The maximum absolute atomic E-state index is 8.36. The van der Waals surface area contributed by atoms with Gasteiger partial charge in [0.2, 0.25) is 0 Å². The predicted molar refractivity (Wildman–Crippen MR) is 70.0 cm³/mol. The molecule has 3 nitrogen and oxygen atoms in total. The number of benzene rings is 1. The van der Waals surface area contributed by atoms with Gasteiger partial charge in [-0.15, -0.1) is 0 Å². The molecule has 0 aliphatic carbocycles. The summed E-state index contributed by atoms with van der Waals surface area (Å²) < 4.78 is 0. The Labute approximate surface area is 101 Å². The van der Waals surface area contributed by atoms with E-state index in [0.29, 0.717) is 12.3 Å². The summed E-state index contributed by atoms with van der Waals surface area (Å²) in [5, 5.41) is 11.3. The Hall–Kier alpha value is -1.16. The molecule has 0 fully saturated rings. The van der Waals surface area contributed by atoms with Crippen LogP contribution < -0.4 is 5.73 Å². The van der Waals surface area contributed by atoms with E-state index < -0.39 is 0 Å². The predicted octanol–water partition coefficient (Wildman–Crippen LogP) is 2.75. The molecule has 0 spiro atoms. The molecule has 0 aliphatic rings. The van der Waals surface area contributed by atoms with Crippen molar-refractivity contribution < 1.29 is 5.21 Å². The monoisotopic (exact) mass is 238 g/mol. The van der Waals surface area contributed by atoms with E-state index in [1.54, 1.807) is 0 Å². The van der Waals surface area contributed by atoms with E-state index in [0.717, 1.165) is 17.9 Å². The Morgan fingerprint density at radius 3 is 2.88 bits per heavy atom. The van der Waals surface area contributed by atoms with Gasteiger partial charge in [0.1, 0.15) is 5.84 Å². The van der Waals surface area contributed by atoms with E-state index >= 15 is 0 Å². The molecule has 0 aliphatic heterocycles. The third-order valence-electron chi connectivity index (χ3n) is 2.37. The molecule has 0 bridgehead atoms. The summed E-state index contributed by atoms with van der Waals surface area (Å²) in [6, 6.07) is 8.42. The minimum absolute atomic E-state index is 0.316. The molecule has 0 radical (unpaired) electrons. The number of aryl methyl sites for hydroxylation is 1. The Kier molecular flexibility index (Phi) is 5.78. The zero-order chi connectivity index (χ0) is 11.8. The highest BCUT2D eigenvalue weighted by Gasteiger charge is 1.98. The third-order valence-corrected chi connectivity index (χ3v) is 3.46. The van der Waals surface area contributed by atoms with Crippen LogP contribution in [0.15, 0.2) is 29.4 Å². The van der Waals surface area contributed by atoms with Gasteiger partial charge in [-0.05, 0) is 30.2 Å². The van der Waals surface area contributed by atoms with Crippen LogP contribution in [0.5, 0.6) is 0 Å². The SMILES string of the molecule is Cc1ccccc1CSCCCC(N)=NO. The van der Waals surface area contributed by atoms with E-state index in [1.807, 2.05) is 11.8 Å². The van der Waals surface area contributed by atoms with Gasteiger partial charge in [-0.1, -0.05) is 29.4 Å². The van der Waals surface area contributed by atoms with Crippen LogP contribution in [0.2, 0.25) is 0 Å². The molecule has 4 heteroatoms. The third kappa shape index (κ3) is 4.57. The van der Waals surface area contributed by atoms with Gasteiger partial charge in [-0.25, -0.2) is 0 Å². The number of amidine groups is 1. The summed E-state index contributed by atoms with van der Waals surface area (Å²) in [4.78, 5) is 0. The van der Waals surface area contributed by atoms with Crippen molar-refractivity contribution in [2.24, 2.45) is 10.9 Å². The lowest BCUT2D eigenvalue weighted by molar-refractivity contribution is 0.317. The minimum atomic E-state index is 0.316. The fourth-order valence-electron chi connectivity index (χ4n) is 1.36. The number of thioether (sulfide) groups is 1. The fraction of sp³-hybridized carbons (Fsp3) is 0.417. The molecule has 0 unspecified atom stereocenters. The Morgan fingerprint density at radius 1 is 1.44 bits per heavy atom. The average molecular weight is 238 g/mol. The van der Waals surface area contributed by atoms with Gasteiger partial charge in [0.05, 0.1) is 0 Å².